The standard InChI is InChI=1S/C8H14O2/c1-6-4-10-5-8(6)3-7(2)9/h6,8H,3-5H2,1-2H3/t6-,8-/m1/s1. The monoisotopic (exact) mass is 142 g/mol. The summed E-state index contributed by atoms with van der Waals surface area (Å²) in [5, 5.41) is 0. The first-order valence-corrected chi connectivity index (χ1v) is 3.77. The zero-order valence-corrected chi connectivity index (χ0v) is 6.59. The fourth-order valence-corrected chi connectivity index (χ4v) is 1.33. The van der Waals surface area contributed by atoms with Crippen LogP contribution in [0.25, 0.3) is 0 Å². The highest BCUT2D eigenvalue weighted by atomic mass is 16.5. The van der Waals surface area contributed by atoms with E-state index < -0.39 is 0 Å². The van der Waals surface area contributed by atoms with Crippen molar-refractivity contribution in [3.8, 4) is 0 Å². The van der Waals surface area contributed by atoms with Crippen molar-refractivity contribution in [1.29, 1.82) is 0 Å². The molecule has 0 bridgehead atoms. The maximum absolute atomic E-state index is 10.7. The minimum absolute atomic E-state index is 0.280. The van der Waals surface area contributed by atoms with Crippen molar-refractivity contribution in [3.63, 3.8) is 0 Å². The predicted molar refractivity (Wildman–Crippen MR) is 38.8 cm³/mol. The molecule has 2 heteroatoms. The van der Waals surface area contributed by atoms with Gasteiger partial charge in [-0.3, -0.25) is 0 Å². The van der Waals surface area contributed by atoms with Crippen LogP contribution in [0.2, 0.25) is 0 Å². The summed E-state index contributed by atoms with van der Waals surface area (Å²) in [6, 6.07) is 0. The fourth-order valence-electron chi connectivity index (χ4n) is 1.33. The largest absolute Gasteiger partial charge is 0.381 e. The molecule has 0 aliphatic carbocycles. The molecular weight excluding hydrogens is 128 g/mol. The van der Waals surface area contributed by atoms with E-state index in [1.807, 2.05) is 0 Å². The lowest BCUT2D eigenvalue weighted by molar-refractivity contribution is -0.118. The number of hydrogen-bond donors (Lipinski definition) is 0. The molecule has 1 aliphatic heterocycles. The molecule has 1 saturated heterocycles. The first-order valence-electron chi connectivity index (χ1n) is 3.77. The summed E-state index contributed by atoms with van der Waals surface area (Å²) in [6.07, 6.45) is 0.696. The van der Waals surface area contributed by atoms with Gasteiger partial charge in [0.2, 0.25) is 0 Å². The van der Waals surface area contributed by atoms with Gasteiger partial charge in [0.1, 0.15) is 5.78 Å². The molecule has 0 N–H and O–H groups in total. The van der Waals surface area contributed by atoms with Gasteiger partial charge in [0.15, 0.2) is 0 Å². The van der Waals surface area contributed by atoms with Crippen LogP contribution in [0.15, 0.2) is 0 Å². The summed E-state index contributed by atoms with van der Waals surface area (Å²) in [7, 11) is 0. The zero-order chi connectivity index (χ0) is 7.56. The van der Waals surface area contributed by atoms with Crippen LogP contribution in [0.3, 0.4) is 0 Å². The molecule has 0 aromatic rings. The topological polar surface area (TPSA) is 26.3 Å². The van der Waals surface area contributed by atoms with Gasteiger partial charge in [-0.25, -0.2) is 0 Å². The molecule has 1 fully saturated rings. The van der Waals surface area contributed by atoms with Gasteiger partial charge in [-0.1, -0.05) is 6.92 Å². The molecule has 0 saturated carbocycles. The van der Waals surface area contributed by atoms with Gasteiger partial charge >= 0.3 is 0 Å². The minimum atomic E-state index is 0.280. The summed E-state index contributed by atoms with van der Waals surface area (Å²) in [6.45, 7) is 5.39. The summed E-state index contributed by atoms with van der Waals surface area (Å²) in [5.74, 6) is 1.34. The SMILES string of the molecule is CC(=O)C[C@@H]1COC[C@H]1C. The molecule has 2 nitrogen and oxygen atoms in total. The van der Waals surface area contributed by atoms with E-state index in [4.69, 9.17) is 4.74 Å². The van der Waals surface area contributed by atoms with Crippen LogP contribution in [0.5, 0.6) is 0 Å². The number of ether oxygens (including phenoxy) is 1. The van der Waals surface area contributed by atoms with Crippen LogP contribution in [0.4, 0.5) is 0 Å². The Kier molecular flexibility index (Phi) is 2.44. The van der Waals surface area contributed by atoms with E-state index in [9.17, 15) is 4.79 Å². The Morgan fingerprint density at radius 2 is 2.30 bits per heavy atom. The Morgan fingerprint density at radius 1 is 1.60 bits per heavy atom. The highest BCUT2D eigenvalue weighted by molar-refractivity contribution is 5.75. The summed E-state index contributed by atoms with van der Waals surface area (Å²) >= 11 is 0. The highest BCUT2D eigenvalue weighted by Crippen LogP contribution is 2.22. The van der Waals surface area contributed by atoms with Crippen molar-refractivity contribution in [2.75, 3.05) is 13.2 Å². The van der Waals surface area contributed by atoms with Crippen molar-refractivity contribution in [1.82, 2.24) is 0 Å². The molecule has 58 valence electrons. The van der Waals surface area contributed by atoms with E-state index in [2.05, 4.69) is 6.92 Å². The summed E-state index contributed by atoms with van der Waals surface area (Å²) in [4.78, 5) is 10.7. The first-order chi connectivity index (χ1) is 4.70. The zero-order valence-electron chi connectivity index (χ0n) is 6.59. The first kappa shape index (κ1) is 7.73. The average Bonchev–Trinajstić information content (AvgIpc) is 2.15. The third kappa shape index (κ3) is 1.81. The van der Waals surface area contributed by atoms with Crippen LogP contribution in [0.1, 0.15) is 20.3 Å². The van der Waals surface area contributed by atoms with Gasteiger partial charge < -0.3 is 9.53 Å². The van der Waals surface area contributed by atoms with Gasteiger partial charge in [0.05, 0.1) is 6.61 Å². The lowest BCUT2D eigenvalue weighted by Crippen LogP contribution is -2.12. The number of hydrogen-bond acceptors (Lipinski definition) is 2. The van der Waals surface area contributed by atoms with E-state index in [-0.39, 0.29) is 5.78 Å². The number of rotatable bonds is 2. The third-order valence-electron chi connectivity index (χ3n) is 2.07. The molecule has 0 unspecified atom stereocenters. The van der Waals surface area contributed by atoms with Crippen molar-refractivity contribution in [2.45, 2.75) is 20.3 Å². The molecule has 1 aliphatic rings. The van der Waals surface area contributed by atoms with Crippen molar-refractivity contribution >= 4 is 5.78 Å². The Balaban J connectivity index is 2.33. The number of ketones is 1. The average molecular weight is 142 g/mol. The maximum atomic E-state index is 10.7. The van der Waals surface area contributed by atoms with Crippen molar-refractivity contribution < 1.29 is 9.53 Å². The molecule has 0 spiro atoms. The van der Waals surface area contributed by atoms with E-state index in [0.717, 1.165) is 13.2 Å². The predicted octanol–water partition coefficient (Wildman–Crippen LogP) is 1.25. The fraction of sp³-hybridized carbons (Fsp3) is 0.875. The molecule has 10 heavy (non-hydrogen) atoms. The minimum Gasteiger partial charge on any atom is -0.381 e. The molecule has 0 amide bonds. The Hall–Kier alpha value is -0.370. The van der Waals surface area contributed by atoms with Gasteiger partial charge in [-0.05, 0) is 18.8 Å². The second-order valence-corrected chi connectivity index (χ2v) is 3.18. The molecule has 2 atom stereocenters. The lowest BCUT2D eigenvalue weighted by Gasteiger charge is -2.09. The van der Waals surface area contributed by atoms with Crippen molar-refractivity contribution in [2.24, 2.45) is 11.8 Å². The van der Waals surface area contributed by atoms with Crippen LogP contribution in [-0.4, -0.2) is 19.0 Å². The van der Waals surface area contributed by atoms with Crippen LogP contribution >= 0.6 is 0 Å². The van der Waals surface area contributed by atoms with Crippen molar-refractivity contribution in [3.05, 3.63) is 0 Å². The molecule has 1 heterocycles. The number of carbonyl (C=O) groups excluding carboxylic acids is 1. The van der Waals surface area contributed by atoms with E-state index >= 15 is 0 Å². The molecule has 0 radical (unpaired) electrons. The number of Topliss-reactive ketones (excluding diaryl/α,β-unsaturated/α-hetero) is 1. The van der Waals surface area contributed by atoms with Gasteiger partial charge in [-0.15, -0.1) is 0 Å². The second kappa shape index (κ2) is 3.15. The van der Waals surface area contributed by atoms with Gasteiger partial charge in [0, 0.05) is 13.0 Å². The molecular formula is C8H14O2. The van der Waals surface area contributed by atoms with Crippen LogP contribution < -0.4 is 0 Å². The molecule has 0 aromatic carbocycles. The Bertz CT molecular complexity index is 131. The Labute approximate surface area is 61.6 Å². The maximum Gasteiger partial charge on any atom is 0.130 e. The highest BCUT2D eigenvalue weighted by Gasteiger charge is 2.24. The van der Waals surface area contributed by atoms with E-state index in [1.54, 1.807) is 6.92 Å². The van der Waals surface area contributed by atoms with Crippen LogP contribution in [-0.2, 0) is 9.53 Å². The Morgan fingerprint density at radius 3 is 2.70 bits per heavy atom. The van der Waals surface area contributed by atoms with Crippen LogP contribution in [0, 0.1) is 11.8 Å². The smallest absolute Gasteiger partial charge is 0.130 e. The van der Waals surface area contributed by atoms with Gasteiger partial charge in [-0.2, -0.15) is 0 Å². The second-order valence-electron chi connectivity index (χ2n) is 3.18. The molecule has 0 aromatic heterocycles. The summed E-state index contributed by atoms with van der Waals surface area (Å²) in [5.41, 5.74) is 0. The van der Waals surface area contributed by atoms with Gasteiger partial charge in [0.25, 0.3) is 0 Å². The van der Waals surface area contributed by atoms with E-state index in [0.29, 0.717) is 18.3 Å². The quantitative estimate of drug-likeness (QED) is 0.580. The van der Waals surface area contributed by atoms with E-state index in [1.165, 1.54) is 0 Å². The third-order valence-corrected chi connectivity index (χ3v) is 2.07. The lowest BCUT2D eigenvalue weighted by atomic mass is 9.93. The number of carbonyl (C=O) groups is 1. The molecule has 1 rings (SSSR count). The summed E-state index contributed by atoms with van der Waals surface area (Å²) < 4.78 is 5.22. The normalized spacial score (nSPS) is 32.6.